The first-order chi connectivity index (χ1) is 11.6. The van der Waals surface area contributed by atoms with Gasteiger partial charge in [0.15, 0.2) is 0 Å². The minimum atomic E-state index is -0.537. The fraction of sp³-hybridized carbons (Fsp3) is 0.667. The van der Waals surface area contributed by atoms with Gasteiger partial charge in [-0.05, 0) is 56.0 Å². The zero-order valence-corrected chi connectivity index (χ0v) is 14.7. The summed E-state index contributed by atoms with van der Waals surface area (Å²) < 4.78 is 0. The fourth-order valence-electron chi connectivity index (χ4n) is 3.04. The van der Waals surface area contributed by atoms with Gasteiger partial charge in [-0.2, -0.15) is 0 Å². The molecule has 2 amide bonds. The molecule has 1 aromatic rings. The lowest BCUT2D eigenvalue weighted by molar-refractivity contribution is 0.0919. The second kappa shape index (κ2) is 9.59. The topological polar surface area (TPSA) is 77.5 Å². The molecule has 1 saturated heterocycles. The molecule has 1 aliphatic heterocycles. The molecule has 2 atom stereocenters. The molecule has 134 valence electrons. The molecule has 1 fully saturated rings. The Balaban J connectivity index is 1.70. The first kappa shape index (κ1) is 18.7. The number of nitrogens with one attached hydrogen (secondary N) is 2. The van der Waals surface area contributed by atoms with Gasteiger partial charge in [-0.15, -0.1) is 0 Å². The van der Waals surface area contributed by atoms with Gasteiger partial charge in [0.25, 0.3) is 0 Å². The lowest BCUT2D eigenvalue weighted by Crippen LogP contribution is -2.45. The zero-order valence-electron chi connectivity index (χ0n) is 14.7. The Hall–Kier alpha value is -1.66. The number of nitrogens with zero attached hydrogens (tertiary/aromatic N) is 2. The van der Waals surface area contributed by atoms with Crippen LogP contribution in [0.1, 0.15) is 44.7 Å². The lowest BCUT2D eigenvalue weighted by atomic mass is 9.99. The van der Waals surface area contributed by atoms with Crippen LogP contribution in [-0.4, -0.2) is 53.3 Å². The minimum absolute atomic E-state index is 0.0475. The van der Waals surface area contributed by atoms with Crippen LogP contribution in [0.5, 0.6) is 0 Å². The number of β-amino-alcohol motifs (C(OH)–C–C–N with tert-alkyl or cyclic N) is 1. The Morgan fingerprint density at radius 2 is 2.04 bits per heavy atom. The lowest BCUT2D eigenvalue weighted by Gasteiger charge is -2.31. The number of aromatic nitrogens is 1. The summed E-state index contributed by atoms with van der Waals surface area (Å²) >= 11 is 0. The standard InChI is InChI=1S/C18H30N4O2/c1-3-17(15-4-8-19-9-5-15)21-18(24)20-12-16(23)13-22-10-6-14(2)7-11-22/h4-5,8-9,14,16-17,23H,3,6-7,10-13H2,1-2H3,(H2,20,21,24). The van der Waals surface area contributed by atoms with Gasteiger partial charge >= 0.3 is 6.03 Å². The van der Waals surface area contributed by atoms with Gasteiger partial charge < -0.3 is 20.6 Å². The Morgan fingerprint density at radius 3 is 2.67 bits per heavy atom. The molecule has 0 saturated carbocycles. The van der Waals surface area contributed by atoms with Crippen LogP contribution >= 0.6 is 0 Å². The third-order valence-corrected chi connectivity index (χ3v) is 4.67. The highest BCUT2D eigenvalue weighted by Crippen LogP contribution is 2.16. The molecule has 1 aliphatic rings. The zero-order chi connectivity index (χ0) is 17.4. The Morgan fingerprint density at radius 1 is 1.38 bits per heavy atom. The Bertz CT molecular complexity index is 489. The van der Waals surface area contributed by atoms with Crippen LogP contribution in [0.25, 0.3) is 0 Å². The van der Waals surface area contributed by atoms with E-state index in [1.807, 2.05) is 19.1 Å². The predicted octanol–water partition coefficient (Wildman–Crippen LogP) is 1.92. The molecule has 0 bridgehead atoms. The van der Waals surface area contributed by atoms with Gasteiger partial charge in [-0.3, -0.25) is 4.98 Å². The van der Waals surface area contributed by atoms with Crippen molar-refractivity contribution in [2.45, 2.75) is 45.3 Å². The molecule has 3 N–H and O–H groups in total. The number of hydrogen-bond donors (Lipinski definition) is 3. The summed E-state index contributed by atoms with van der Waals surface area (Å²) in [5.41, 5.74) is 1.03. The molecule has 6 heteroatoms. The molecule has 0 spiro atoms. The molecular formula is C18H30N4O2. The van der Waals surface area contributed by atoms with Crippen molar-refractivity contribution in [2.75, 3.05) is 26.2 Å². The highest BCUT2D eigenvalue weighted by atomic mass is 16.3. The molecule has 6 nitrogen and oxygen atoms in total. The monoisotopic (exact) mass is 334 g/mol. The van der Waals surface area contributed by atoms with Crippen molar-refractivity contribution >= 4 is 6.03 Å². The second-order valence-corrected chi connectivity index (χ2v) is 6.73. The van der Waals surface area contributed by atoms with Gasteiger partial charge in [0.05, 0.1) is 12.1 Å². The SMILES string of the molecule is CCC(NC(=O)NCC(O)CN1CCC(C)CC1)c1ccncc1. The number of hydrogen-bond acceptors (Lipinski definition) is 4. The van der Waals surface area contributed by atoms with E-state index < -0.39 is 6.10 Å². The average molecular weight is 334 g/mol. The average Bonchev–Trinajstić information content (AvgIpc) is 2.60. The normalized spacial score (nSPS) is 18.8. The molecule has 1 aromatic heterocycles. The number of urea groups is 1. The second-order valence-electron chi connectivity index (χ2n) is 6.73. The molecule has 0 aliphatic carbocycles. The van der Waals surface area contributed by atoms with Crippen LogP contribution in [0.4, 0.5) is 4.79 Å². The third-order valence-electron chi connectivity index (χ3n) is 4.67. The summed E-state index contributed by atoms with van der Waals surface area (Å²) in [6, 6.07) is 3.51. The highest BCUT2D eigenvalue weighted by Gasteiger charge is 2.19. The van der Waals surface area contributed by atoms with Crippen LogP contribution in [0.3, 0.4) is 0 Å². The minimum Gasteiger partial charge on any atom is -0.390 e. The van der Waals surface area contributed by atoms with Gasteiger partial charge in [-0.25, -0.2) is 4.79 Å². The summed E-state index contributed by atoms with van der Waals surface area (Å²) in [6.45, 7) is 7.25. The van der Waals surface area contributed by atoms with E-state index in [1.165, 1.54) is 12.8 Å². The van der Waals surface area contributed by atoms with Crippen LogP contribution in [0.15, 0.2) is 24.5 Å². The van der Waals surface area contributed by atoms with Gasteiger partial charge in [0.1, 0.15) is 0 Å². The van der Waals surface area contributed by atoms with Crippen LogP contribution in [0, 0.1) is 5.92 Å². The first-order valence-electron chi connectivity index (χ1n) is 8.93. The van der Waals surface area contributed by atoms with E-state index in [4.69, 9.17) is 0 Å². The van der Waals surface area contributed by atoms with Crippen molar-refractivity contribution < 1.29 is 9.90 Å². The van der Waals surface area contributed by atoms with Crippen LogP contribution in [-0.2, 0) is 0 Å². The van der Waals surface area contributed by atoms with Crippen molar-refractivity contribution in [3.05, 3.63) is 30.1 Å². The maximum atomic E-state index is 12.1. The van der Waals surface area contributed by atoms with Crippen molar-refractivity contribution in [3.63, 3.8) is 0 Å². The van der Waals surface area contributed by atoms with Crippen molar-refractivity contribution in [2.24, 2.45) is 5.92 Å². The summed E-state index contributed by atoms with van der Waals surface area (Å²) in [5, 5.41) is 15.9. The van der Waals surface area contributed by atoms with E-state index >= 15 is 0 Å². The van der Waals surface area contributed by atoms with Gasteiger partial charge in [-0.1, -0.05) is 13.8 Å². The van der Waals surface area contributed by atoms with E-state index in [0.29, 0.717) is 6.54 Å². The maximum absolute atomic E-state index is 12.1. The number of likely N-dealkylation sites (tertiary alicyclic amines) is 1. The van der Waals surface area contributed by atoms with Crippen LogP contribution in [0.2, 0.25) is 0 Å². The number of aliphatic hydroxyl groups is 1. The molecule has 0 radical (unpaired) electrons. The number of rotatable bonds is 7. The van der Waals surface area contributed by atoms with Crippen LogP contribution < -0.4 is 10.6 Å². The molecule has 2 heterocycles. The Kier molecular flexibility index (Phi) is 7.46. The summed E-state index contributed by atoms with van der Waals surface area (Å²) in [6.07, 6.45) is 6.08. The first-order valence-corrected chi connectivity index (χ1v) is 8.93. The van der Waals surface area contributed by atoms with E-state index in [0.717, 1.165) is 31.0 Å². The third kappa shape index (κ3) is 6.09. The summed E-state index contributed by atoms with van der Waals surface area (Å²) in [4.78, 5) is 18.3. The van der Waals surface area contributed by atoms with E-state index in [2.05, 4.69) is 27.4 Å². The molecule has 2 rings (SSSR count). The van der Waals surface area contributed by atoms with E-state index in [-0.39, 0.29) is 18.6 Å². The molecule has 2 unspecified atom stereocenters. The largest absolute Gasteiger partial charge is 0.390 e. The van der Waals surface area contributed by atoms with Crippen molar-refractivity contribution in [1.29, 1.82) is 0 Å². The summed E-state index contributed by atoms with van der Waals surface area (Å²) in [5.74, 6) is 0.779. The predicted molar refractivity (Wildman–Crippen MR) is 94.6 cm³/mol. The van der Waals surface area contributed by atoms with E-state index in [1.54, 1.807) is 12.4 Å². The maximum Gasteiger partial charge on any atom is 0.315 e. The number of carbonyl (C=O) groups excluding carboxylic acids is 1. The number of aliphatic hydroxyl groups excluding tert-OH is 1. The number of amides is 2. The van der Waals surface area contributed by atoms with Crippen molar-refractivity contribution in [3.8, 4) is 0 Å². The number of piperidine rings is 1. The molecular weight excluding hydrogens is 304 g/mol. The highest BCUT2D eigenvalue weighted by molar-refractivity contribution is 5.74. The number of carbonyl (C=O) groups is 1. The number of pyridine rings is 1. The fourth-order valence-corrected chi connectivity index (χ4v) is 3.04. The quantitative estimate of drug-likeness (QED) is 0.712. The van der Waals surface area contributed by atoms with Crippen molar-refractivity contribution in [1.82, 2.24) is 20.5 Å². The van der Waals surface area contributed by atoms with Gasteiger partial charge in [0.2, 0.25) is 0 Å². The molecule has 0 aromatic carbocycles. The van der Waals surface area contributed by atoms with Gasteiger partial charge in [0, 0.05) is 25.5 Å². The Labute approximate surface area is 144 Å². The smallest absolute Gasteiger partial charge is 0.315 e. The molecule has 24 heavy (non-hydrogen) atoms. The summed E-state index contributed by atoms with van der Waals surface area (Å²) in [7, 11) is 0. The van der Waals surface area contributed by atoms with E-state index in [9.17, 15) is 9.90 Å².